The Hall–Kier alpha value is -2.88. The Morgan fingerprint density at radius 2 is 1.67 bits per heavy atom. The number of nitrogens with one attached hydrogen (secondary N) is 1. The molecule has 2 amide bonds. The highest BCUT2D eigenvalue weighted by atomic mass is 79.9. The summed E-state index contributed by atoms with van der Waals surface area (Å²) in [7, 11) is -4.09. The minimum atomic E-state index is -4.09. The van der Waals surface area contributed by atoms with Crippen molar-refractivity contribution in [1.82, 2.24) is 10.2 Å². The molecule has 206 valence electrons. The molecule has 3 aromatic carbocycles. The Balaban J connectivity index is 1.67. The van der Waals surface area contributed by atoms with Crippen LogP contribution in [0, 0.1) is 0 Å². The summed E-state index contributed by atoms with van der Waals surface area (Å²) in [5, 5.41) is 3.57. The van der Waals surface area contributed by atoms with Gasteiger partial charge in [-0.15, -0.1) is 0 Å². The molecule has 0 aromatic heterocycles. The monoisotopic (exact) mass is 631 g/mol. The van der Waals surface area contributed by atoms with Crippen LogP contribution >= 0.6 is 27.5 Å². The number of benzene rings is 3. The van der Waals surface area contributed by atoms with Gasteiger partial charge >= 0.3 is 0 Å². The number of hydrogen-bond donors (Lipinski definition) is 1. The molecule has 0 spiro atoms. The van der Waals surface area contributed by atoms with Gasteiger partial charge in [-0.3, -0.25) is 13.9 Å². The lowest BCUT2D eigenvalue weighted by Crippen LogP contribution is -2.52. The van der Waals surface area contributed by atoms with Crippen molar-refractivity contribution in [3.05, 3.63) is 93.9 Å². The van der Waals surface area contributed by atoms with Gasteiger partial charge < -0.3 is 10.2 Å². The summed E-state index contributed by atoms with van der Waals surface area (Å²) in [6.45, 7) is 1.28. The lowest BCUT2D eigenvalue weighted by atomic mass is 10.1. The lowest BCUT2D eigenvalue weighted by molar-refractivity contribution is -0.139. The number of rotatable bonds is 10. The summed E-state index contributed by atoms with van der Waals surface area (Å²) >= 11 is 9.57. The summed E-state index contributed by atoms with van der Waals surface area (Å²) in [4.78, 5) is 28.7. The van der Waals surface area contributed by atoms with Crippen molar-refractivity contribution >= 4 is 55.1 Å². The van der Waals surface area contributed by atoms with Crippen LogP contribution in [0.5, 0.6) is 0 Å². The molecule has 4 rings (SSSR count). The predicted octanol–water partition coefficient (Wildman–Crippen LogP) is 5.77. The molecule has 3 aromatic rings. The molecule has 1 saturated carbocycles. The maximum Gasteiger partial charge on any atom is 0.264 e. The molecule has 39 heavy (non-hydrogen) atoms. The van der Waals surface area contributed by atoms with Crippen molar-refractivity contribution < 1.29 is 18.0 Å². The molecule has 0 unspecified atom stereocenters. The van der Waals surface area contributed by atoms with E-state index in [1.54, 1.807) is 67.6 Å². The molecule has 0 heterocycles. The fraction of sp³-hybridized carbons (Fsp3) is 0.310. The van der Waals surface area contributed by atoms with E-state index in [4.69, 9.17) is 11.6 Å². The van der Waals surface area contributed by atoms with E-state index in [1.807, 2.05) is 6.07 Å². The molecule has 1 aliphatic carbocycles. The molecule has 10 heteroatoms. The van der Waals surface area contributed by atoms with Gasteiger partial charge in [-0.25, -0.2) is 8.42 Å². The molecule has 0 aliphatic heterocycles. The number of halogens is 2. The highest BCUT2D eigenvalue weighted by Crippen LogP contribution is 2.26. The summed E-state index contributed by atoms with van der Waals surface area (Å²) in [5.41, 5.74) is 1.07. The second-order valence-corrected chi connectivity index (χ2v) is 12.8. The van der Waals surface area contributed by atoms with E-state index < -0.39 is 28.5 Å². The van der Waals surface area contributed by atoms with E-state index in [0.717, 1.165) is 40.0 Å². The fourth-order valence-electron chi connectivity index (χ4n) is 4.66. The van der Waals surface area contributed by atoms with Gasteiger partial charge in [-0.1, -0.05) is 70.7 Å². The predicted molar refractivity (Wildman–Crippen MR) is 157 cm³/mol. The topological polar surface area (TPSA) is 86.8 Å². The van der Waals surface area contributed by atoms with Crippen molar-refractivity contribution in [3.63, 3.8) is 0 Å². The van der Waals surface area contributed by atoms with E-state index in [-0.39, 0.29) is 23.4 Å². The maximum atomic E-state index is 13.9. The van der Waals surface area contributed by atoms with Crippen molar-refractivity contribution in [2.24, 2.45) is 0 Å². The lowest BCUT2D eigenvalue weighted by Gasteiger charge is -2.32. The molecule has 0 radical (unpaired) electrons. The first-order valence-corrected chi connectivity index (χ1v) is 15.4. The summed E-state index contributed by atoms with van der Waals surface area (Å²) in [6, 6.07) is 21.0. The second kappa shape index (κ2) is 13.0. The van der Waals surface area contributed by atoms with Crippen LogP contribution < -0.4 is 9.62 Å². The van der Waals surface area contributed by atoms with Crippen molar-refractivity contribution in [2.75, 3.05) is 10.8 Å². The molecular weight excluding hydrogens is 602 g/mol. The normalized spacial score (nSPS) is 14.5. The third-order valence-corrected chi connectivity index (χ3v) is 9.39. The third-order valence-electron chi connectivity index (χ3n) is 6.84. The zero-order valence-corrected chi connectivity index (χ0v) is 24.8. The fourth-order valence-corrected chi connectivity index (χ4v) is 6.57. The third kappa shape index (κ3) is 7.41. The van der Waals surface area contributed by atoms with Crippen LogP contribution in [-0.4, -0.2) is 43.8 Å². The van der Waals surface area contributed by atoms with Gasteiger partial charge in [0.05, 0.1) is 10.6 Å². The van der Waals surface area contributed by atoms with Gasteiger partial charge in [0, 0.05) is 22.1 Å². The van der Waals surface area contributed by atoms with Crippen LogP contribution in [0.15, 0.2) is 88.2 Å². The molecule has 1 N–H and O–H groups in total. The van der Waals surface area contributed by atoms with E-state index >= 15 is 0 Å². The van der Waals surface area contributed by atoms with E-state index in [2.05, 4.69) is 21.2 Å². The number of anilines is 1. The minimum Gasteiger partial charge on any atom is -0.352 e. The first kappa shape index (κ1) is 29.1. The van der Waals surface area contributed by atoms with Crippen LogP contribution in [-0.2, 0) is 26.2 Å². The Kier molecular flexibility index (Phi) is 9.69. The summed E-state index contributed by atoms with van der Waals surface area (Å²) < 4.78 is 29.4. The number of nitrogens with zero attached hydrogens (tertiary/aromatic N) is 2. The van der Waals surface area contributed by atoms with Crippen LogP contribution in [0.25, 0.3) is 0 Å². The van der Waals surface area contributed by atoms with Crippen LogP contribution in [0.4, 0.5) is 5.69 Å². The summed E-state index contributed by atoms with van der Waals surface area (Å²) in [5.74, 6) is -0.773. The minimum absolute atomic E-state index is 0.0640. The highest BCUT2D eigenvalue weighted by molar-refractivity contribution is 9.10. The van der Waals surface area contributed by atoms with Gasteiger partial charge in [-0.05, 0) is 73.9 Å². The van der Waals surface area contributed by atoms with E-state index in [0.29, 0.717) is 10.7 Å². The molecule has 1 aliphatic rings. The Bertz CT molecular complexity index is 1400. The second-order valence-electron chi connectivity index (χ2n) is 9.62. The molecule has 1 atom stereocenters. The van der Waals surface area contributed by atoms with Crippen LogP contribution in [0.1, 0.15) is 38.2 Å². The molecular formula is C29H31BrClN3O4S. The maximum absolute atomic E-state index is 13.9. The zero-order valence-electron chi connectivity index (χ0n) is 21.6. The van der Waals surface area contributed by atoms with Gasteiger partial charge in [-0.2, -0.15) is 0 Å². The number of amides is 2. The largest absolute Gasteiger partial charge is 0.352 e. The van der Waals surface area contributed by atoms with Gasteiger partial charge in [0.2, 0.25) is 11.8 Å². The van der Waals surface area contributed by atoms with Crippen molar-refractivity contribution in [3.8, 4) is 0 Å². The smallest absolute Gasteiger partial charge is 0.264 e. The average Bonchev–Trinajstić information content (AvgIpc) is 3.44. The Morgan fingerprint density at radius 1 is 1.00 bits per heavy atom. The molecule has 0 bridgehead atoms. The average molecular weight is 633 g/mol. The molecule has 7 nitrogen and oxygen atoms in total. The Morgan fingerprint density at radius 3 is 2.31 bits per heavy atom. The van der Waals surface area contributed by atoms with Crippen molar-refractivity contribution in [2.45, 2.75) is 56.1 Å². The molecule has 0 saturated heterocycles. The van der Waals surface area contributed by atoms with Gasteiger partial charge in [0.25, 0.3) is 10.0 Å². The standard InChI is InChI=1S/C29H31BrClN3O4S/c1-21(29(36)32-25-10-5-6-11-25)33(19-22-8-7-9-24(31)18-22)28(35)20-34(26-16-14-23(30)15-17-26)39(37,38)27-12-3-2-4-13-27/h2-4,7-9,12-18,21,25H,5-6,10-11,19-20H2,1H3,(H,32,36)/t21-/m0/s1. The first-order chi connectivity index (χ1) is 18.6. The van der Waals surface area contributed by atoms with Crippen LogP contribution in [0.3, 0.4) is 0 Å². The van der Waals surface area contributed by atoms with E-state index in [1.165, 1.54) is 17.0 Å². The summed E-state index contributed by atoms with van der Waals surface area (Å²) in [6.07, 6.45) is 3.94. The number of carbonyl (C=O) groups excluding carboxylic acids is 2. The molecule has 1 fully saturated rings. The SMILES string of the molecule is C[C@@H](C(=O)NC1CCCC1)N(Cc1cccc(Cl)c1)C(=O)CN(c1ccc(Br)cc1)S(=O)(=O)c1ccccc1. The van der Waals surface area contributed by atoms with Gasteiger partial charge in [0.15, 0.2) is 0 Å². The number of hydrogen-bond acceptors (Lipinski definition) is 4. The van der Waals surface area contributed by atoms with E-state index in [9.17, 15) is 18.0 Å². The quantitative estimate of drug-likeness (QED) is 0.307. The van der Waals surface area contributed by atoms with Crippen LogP contribution in [0.2, 0.25) is 5.02 Å². The highest BCUT2D eigenvalue weighted by Gasteiger charge is 2.33. The first-order valence-electron chi connectivity index (χ1n) is 12.8. The number of sulfonamides is 1. The van der Waals surface area contributed by atoms with Crippen molar-refractivity contribution in [1.29, 1.82) is 0 Å². The zero-order chi connectivity index (χ0) is 28.0. The van der Waals surface area contributed by atoms with Gasteiger partial charge in [0.1, 0.15) is 12.6 Å². The Labute approximate surface area is 243 Å². The number of carbonyl (C=O) groups is 2.